The van der Waals surface area contributed by atoms with Crippen LogP contribution in [0.2, 0.25) is 0 Å². The van der Waals surface area contributed by atoms with Gasteiger partial charge in [0.2, 0.25) is 0 Å². The third kappa shape index (κ3) is 3.78. The molecular formula is C8H16N2O3. The van der Waals surface area contributed by atoms with Crippen LogP contribution in [0.4, 0.5) is 4.79 Å². The van der Waals surface area contributed by atoms with E-state index in [1.54, 1.807) is 14.0 Å². The molecule has 0 radical (unpaired) electrons. The highest BCUT2D eigenvalue weighted by atomic mass is 16.4. The van der Waals surface area contributed by atoms with Crippen LogP contribution in [0.15, 0.2) is 0 Å². The molecule has 0 aliphatic carbocycles. The van der Waals surface area contributed by atoms with E-state index in [0.717, 1.165) is 0 Å². The van der Waals surface area contributed by atoms with Gasteiger partial charge < -0.3 is 15.3 Å². The van der Waals surface area contributed by atoms with Crippen molar-refractivity contribution in [1.29, 1.82) is 0 Å². The molecule has 0 bridgehead atoms. The van der Waals surface area contributed by atoms with Gasteiger partial charge in [-0.2, -0.15) is 0 Å². The zero-order valence-electron chi connectivity index (χ0n) is 8.20. The van der Waals surface area contributed by atoms with Gasteiger partial charge in [-0.05, 0) is 13.3 Å². The van der Waals surface area contributed by atoms with Gasteiger partial charge in [0.15, 0.2) is 0 Å². The molecule has 5 heteroatoms. The lowest BCUT2D eigenvalue weighted by Crippen LogP contribution is -2.46. The first-order valence-electron chi connectivity index (χ1n) is 4.27. The van der Waals surface area contributed by atoms with Crippen LogP contribution in [0.5, 0.6) is 0 Å². The second-order valence-electron chi connectivity index (χ2n) is 2.76. The molecule has 0 aliphatic heterocycles. The Kier molecular flexibility index (Phi) is 4.87. The van der Waals surface area contributed by atoms with E-state index in [0.29, 0.717) is 13.0 Å². The summed E-state index contributed by atoms with van der Waals surface area (Å²) in [7, 11) is 1.61. The van der Waals surface area contributed by atoms with E-state index in [9.17, 15) is 9.59 Å². The number of nitrogens with zero attached hydrogens (tertiary/aromatic N) is 1. The summed E-state index contributed by atoms with van der Waals surface area (Å²) < 4.78 is 0. The van der Waals surface area contributed by atoms with Crippen molar-refractivity contribution in [3.05, 3.63) is 0 Å². The molecule has 0 unspecified atom stereocenters. The minimum Gasteiger partial charge on any atom is -0.480 e. The molecule has 0 saturated carbocycles. The second-order valence-corrected chi connectivity index (χ2v) is 2.76. The maximum Gasteiger partial charge on any atom is 0.326 e. The molecule has 2 amide bonds. The van der Waals surface area contributed by atoms with Crippen molar-refractivity contribution in [3.63, 3.8) is 0 Å². The molecule has 0 spiro atoms. The summed E-state index contributed by atoms with van der Waals surface area (Å²) in [4.78, 5) is 23.2. The molecule has 2 N–H and O–H groups in total. The average molecular weight is 188 g/mol. The topological polar surface area (TPSA) is 69.6 Å². The van der Waals surface area contributed by atoms with Crippen molar-refractivity contribution < 1.29 is 14.7 Å². The number of aliphatic carboxylic acids is 1. The number of hydrogen-bond donors (Lipinski definition) is 2. The number of carboxylic acids is 1. The lowest BCUT2D eigenvalue weighted by Gasteiger charge is -2.18. The summed E-state index contributed by atoms with van der Waals surface area (Å²) in [6, 6.07) is -1.14. The van der Waals surface area contributed by atoms with E-state index in [2.05, 4.69) is 5.32 Å². The van der Waals surface area contributed by atoms with Gasteiger partial charge in [-0.15, -0.1) is 0 Å². The highest BCUT2D eigenvalue weighted by Crippen LogP contribution is 1.93. The third-order valence-electron chi connectivity index (χ3n) is 1.83. The molecular weight excluding hydrogens is 172 g/mol. The minimum atomic E-state index is -1.000. The summed E-state index contributed by atoms with van der Waals surface area (Å²) >= 11 is 0. The van der Waals surface area contributed by atoms with Crippen LogP contribution >= 0.6 is 0 Å². The summed E-state index contributed by atoms with van der Waals surface area (Å²) in [6.07, 6.45) is 0.388. The molecule has 5 nitrogen and oxygen atoms in total. The van der Waals surface area contributed by atoms with E-state index < -0.39 is 12.0 Å². The van der Waals surface area contributed by atoms with Crippen LogP contribution in [-0.4, -0.2) is 41.6 Å². The van der Waals surface area contributed by atoms with Crippen molar-refractivity contribution in [2.45, 2.75) is 26.3 Å². The number of carboxylic acid groups (broad SMARTS) is 1. The first kappa shape index (κ1) is 11.7. The lowest BCUT2D eigenvalue weighted by atomic mass is 10.2. The Balaban J connectivity index is 4.09. The first-order valence-corrected chi connectivity index (χ1v) is 4.27. The van der Waals surface area contributed by atoms with E-state index in [1.165, 1.54) is 4.90 Å². The number of hydrogen-bond acceptors (Lipinski definition) is 2. The number of rotatable bonds is 4. The minimum absolute atomic E-state index is 0.350. The second kappa shape index (κ2) is 5.40. The van der Waals surface area contributed by atoms with Crippen molar-refractivity contribution in [1.82, 2.24) is 10.2 Å². The number of carbonyl (C=O) groups excluding carboxylic acids is 1. The van der Waals surface area contributed by atoms with Crippen molar-refractivity contribution in [2.75, 3.05) is 13.6 Å². The molecule has 0 rings (SSSR count). The standard InChI is InChI=1S/C8H16N2O3/c1-4-6(7(11)12)9-8(13)10(3)5-2/h6H,4-5H2,1-3H3,(H,9,13)(H,11,12)/t6-/m0/s1. The van der Waals surface area contributed by atoms with E-state index >= 15 is 0 Å². The molecule has 0 saturated heterocycles. The van der Waals surface area contributed by atoms with Gasteiger partial charge in [0.05, 0.1) is 0 Å². The summed E-state index contributed by atoms with van der Waals surface area (Å²) in [5, 5.41) is 11.0. The van der Waals surface area contributed by atoms with Crippen molar-refractivity contribution >= 4 is 12.0 Å². The average Bonchev–Trinajstić information content (AvgIpc) is 2.11. The Hall–Kier alpha value is -1.26. The molecule has 0 fully saturated rings. The number of urea groups is 1. The highest BCUT2D eigenvalue weighted by molar-refractivity contribution is 5.82. The molecule has 0 aromatic heterocycles. The third-order valence-corrected chi connectivity index (χ3v) is 1.83. The molecule has 0 heterocycles. The SMILES string of the molecule is CC[C@H](NC(=O)N(C)CC)C(=O)O. The Labute approximate surface area is 77.7 Å². The predicted molar refractivity (Wildman–Crippen MR) is 48.6 cm³/mol. The van der Waals surface area contributed by atoms with Gasteiger partial charge in [0.1, 0.15) is 6.04 Å². The van der Waals surface area contributed by atoms with Gasteiger partial charge in [-0.1, -0.05) is 6.92 Å². The molecule has 0 aliphatic rings. The summed E-state index contributed by atoms with van der Waals surface area (Å²) in [5.41, 5.74) is 0. The van der Waals surface area contributed by atoms with E-state index in [1.807, 2.05) is 6.92 Å². The Morgan fingerprint density at radius 1 is 1.46 bits per heavy atom. The van der Waals surface area contributed by atoms with Crippen LogP contribution in [0.25, 0.3) is 0 Å². The fourth-order valence-corrected chi connectivity index (χ4v) is 0.741. The van der Waals surface area contributed by atoms with Gasteiger partial charge in [-0.3, -0.25) is 0 Å². The van der Waals surface area contributed by atoms with Crippen LogP contribution in [-0.2, 0) is 4.79 Å². The van der Waals surface area contributed by atoms with Gasteiger partial charge in [0.25, 0.3) is 0 Å². The highest BCUT2D eigenvalue weighted by Gasteiger charge is 2.18. The zero-order valence-corrected chi connectivity index (χ0v) is 8.20. The Morgan fingerprint density at radius 2 is 2.00 bits per heavy atom. The fourth-order valence-electron chi connectivity index (χ4n) is 0.741. The Morgan fingerprint density at radius 3 is 2.31 bits per heavy atom. The molecule has 13 heavy (non-hydrogen) atoms. The van der Waals surface area contributed by atoms with Gasteiger partial charge in [0, 0.05) is 13.6 Å². The van der Waals surface area contributed by atoms with Crippen LogP contribution in [0, 0.1) is 0 Å². The normalized spacial score (nSPS) is 11.9. The maximum atomic E-state index is 11.2. The summed E-state index contributed by atoms with van der Waals surface area (Å²) in [5.74, 6) is -1.000. The van der Waals surface area contributed by atoms with Crippen LogP contribution in [0.1, 0.15) is 20.3 Å². The first-order chi connectivity index (χ1) is 6.02. The van der Waals surface area contributed by atoms with Crippen molar-refractivity contribution in [3.8, 4) is 0 Å². The largest absolute Gasteiger partial charge is 0.480 e. The predicted octanol–water partition coefficient (Wildman–Crippen LogP) is 0.511. The van der Waals surface area contributed by atoms with Crippen LogP contribution in [0.3, 0.4) is 0 Å². The van der Waals surface area contributed by atoms with E-state index in [4.69, 9.17) is 5.11 Å². The van der Waals surface area contributed by atoms with Gasteiger partial charge >= 0.3 is 12.0 Å². The van der Waals surface area contributed by atoms with Gasteiger partial charge in [-0.25, -0.2) is 9.59 Å². The van der Waals surface area contributed by atoms with Crippen LogP contribution < -0.4 is 5.32 Å². The monoisotopic (exact) mass is 188 g/mol. The lowest BCUT2D eigenvalue weighted by molar-refractivity contribution is -0.139. The quantitative estimate of drug-likeness (QED) is 0.675. The maximum absolute atomic E-state index is 11.2. The zero-order chi connectivity index (χ0) is 10.4. The number of carbonyl (C=O) groups is 2. The number of amides is 2. The smallest absolute Gasteiger partial charge is 0.326 e. The van der Waals surface area contributed by atoms with E-state index in [-0.39, 0.29) is 6.03 Å². The summed E-state index contributed by atoms with van der Waals surface area (Å²) in [6.45, 7) is 4.09. The fraction of sp³-hybridized carbons (Fsp3) is 0.750. The Bertz CT molecular complexity index is 194. The molecule has 76 valence electrons. The van der Waals surface area contributed by atoms with Crippen molar-refractivity contribution in [2.24, 2.45) is 0 Å². The molecule has 0 aromatic carbocycles. The molecule has 0 aromatic rings. The molecule has 1 atom stereocenters. The number of nitrogens with one attached hydrogen (secondary N) is 1.